The van der Waals surface area contributed by atoms with E-state index in [0.717, 1.165) is 19.1 Å². The largest absolute Gasteiger partial charge is 0.374 e. The lowest BCUT2D eigenvalue weighted by Gasteiger charge is -2.28. The number of hydrogen-bond donors (Lipinski definition) is 1. The summed E-state index contributed by atoms with van der Waals surface area (Å²) in [6.07, 6.45) is 7.02. The van der Waals surface area contributed by atoms with E-state index in [9.17, 15) is 0 Å². The van der Waals surface area contributed by atoms with Crippen LogP contribution < -0.4 is 5.32 Å². The molecule has 2 nitrogen and oxygen atoms in total. The van der Waals surface area contributed by atoms with Gasteiger partial charge in [0.2, 0.25) is 0 Å². The molecule has 1 saturated carbocycles. The van der Waals surface area contributed by atoms with Gasteiger partial charge in [-0.1, -0.05) is 57.4 Å². The summed E-state index contributed by atoms with van der Waals surface area (Å²) in [5.74, 6) is 1.45. The van der Waals surface area contributed by atoms with Gasteiger partial charge in [-0.15, -0.1) is 0 Å². The van der Waals surface area contributed by atoms with E-state index in [4.69, 9.17) is 4.74 Å². The van der Waals surface area contributed by atoms with Gasteiger partial charge in [-0.05, 0) is 42.9 Å². The lowest BCUT2D eigenvalue weighted by Crippen LogP contribution is -2.22. The van der Waals surface area contributed by atoms with Crippen molar-refractivity contribution in [2.45, 2.75) is 64.6 Å². The Balaban J connectivity index is 1.80. The third-order valence-corrected chi connectivity index (χ3v) is 4.86. The molecule has 0 radical (unpaired) electrons. The van der Waals surface area contributed by atoms with Crippen molar-refractivity contribution in [3.63, 3.8) is 0 Å². The number of benzene rings is 1. The van der Waals surface area contributed by atoms with Crippen LogP contribution in [-0.4, -0.2) is 19.7 Å². The zero-order valence-electron chi connectivity index (χ0n) is 13.9. The maximum atomic E-state index is 6.14. The molecule has 0 spiro atoms. The van der Waals surface area contributed by atoms with Crippen LogP contribution in [0.3, 0.4) is 0 Å². The van der Waals surface area contributed by atoms with Crippen LogP contribution in [-0.2, 0) is 11.3 Å². The molecule has 0 aliphatic heterocycles. The van der Waals surface area contributed by atoms with Gasteiger partial charge in [-0.25, -0.2) is 0 Å². The second-order valence-corrected chi connectivity index (χ2v) is 6.57. The van der Waals surface area contributed by atoms with Gasteiger partial charge in [-0.3, -0.25) is 0 Å². The van der Waals surface area contributed by atoms with E-state index in [2.05, 4.69) is 43.4 Å². The van der Waals surface area contributed by atoms with Crippen molar-refractivity contribution in [3.8, 4) is 0 Å². The Morgan fingerprint density at radius 3 is 2.67 bits per heavy atom. The second-order valence-electron chi connectivity index (χ2n) is 6.57. The quantitative estimate of drug-likeness (QED) is 0.798. The minimum atomic E-state index is 0.478. The zero-order chi connectivity index (χ0) is 15.1. The molecule has 2 heteroatoms. The highest BCUT2D eigenvalue weighted by atomic mass is 16.5. The van der Waals surface area contributed by atoms with Crippen molar-refractivity contribution >= 4 is 0 Å². The minimum Gasteiger partial charge on any atom is -0.374 e. The number of likely N-dealkylation sites (N-methyl/N-ethyl adjacent to an activating group) is 1. The van der Waals surface area contributed by atoms with Crippen molar-refractivity contribution in [1.82, 2.24) is 5.32 Å². The molecule has 1 aliphatic rings. The molecule has 0 bridgehead atoms. The smallest absolute Gasteiger partial charge is 0.0720 e. The van der Waals surface area contributed by atoms with E-state index in [1.54, 1.807) is 0 Å². The molecule has 1 aliphatic carbocycles. The number of nitrogens with one attached hydrogen (secondary N) is 1. The summed E-state index contributed by atoms with van der Waals surface area (Å²) in [5.41, 5.74) is 2.70. The standard InChI is InChI=1S/C19H31NO/c1-4-16-6-5-7-19(12-16)21-14-17-8-10-18(11-9-17)15(2)13-20-3/h8-11,15-16,19-20H,4-7,12-14H2,1-3H3. The van der Waals surface area contributed by atoms with E-state index >= 15 is 0 Å². The summed E-state index contributed by atoms with van der Waals surface area (Å²) >= 11 is 0. The topological polar surface area (TPSA) is 21.3 Å². The molecule has 118 valence electrons. The van der Waals surface area contributed by atoms with Crippen LogP contribution >= 0.6 is 0 Å². The van der Waals surface area contributed by atoms with Gasteiger partial charge in [0.15, 0.2) is 0 Å². The molecule has 0 saturated heterocycles. The Labute approximate surface area is 130 Å². The minimum absolute atomic E-state index is 0.478. The van der Waals surface area contributed by atoms with Crippen molar-refractivity contribution in [1.29, 1.82) is 0 Å². The van der Waals surface area contributed by atoms with Crippen molar-refractivity contribution in [2.24, 2.45) is 5.92 Å². The molecule has 2 rings (SSSR count). The Bertz CT molecular complexity index is 401. The van der Waals surface area contributed by atoms with Crippen LogP contribution in [0, 0.1) is 5.92 Å². The SMILES string of the molecule is CCC1CCCC(OCc2ccc(C(C)CNC)cc2)C1. The molecule has 0 aromatic heterocycles. The lowest BCUT2D eigenvalue weighted by molar-refractivity contribution is 0.00176. The first kappa shape index (κ1) is 16.5. The first-order chi connectivity index (χ1) is 10.2. The average Bonchev–Trinajstić information content (AvgIpc) is 2.54. The normalized spacial score (nSPS) is 24.0. The maximum absolute atomic E-state index is 6.14. The van der Waals surface area contributed by atoms with Crippen LogP contribution in [0.2, 0.25) is 0 Å². The molecule has 3 atom stereocenters. The summed E-state index contributed by atoms with van der Waals surface area (Å²) in [6, 6.07) is 8.94. The highest BCUT2D eigenvalue weighted by Crippen LogP contribution is 2.29. The summed E-state index contributed by atoms with van der Waals surface area (Å²) in [7, 11) is 2.01. The van der Waals surface area contributed by atoms with Gasteiger partial charge in [-0.2, -0.15) is 0 Å². The Hall–Kier alpha value is -0.860. The monoisotopic (exact) mass is 289 g/mol. The predicted molar refractivity (Wildman–Crippen MR) is 89.6 cm³/mol. The fourth-order valence-electron chi connectivity index (χ4n) is 3.34. The highest BCUT2D eigenvalue weighted by molar-refractivity contribution is 5.24. The van der Waals surface area contributed by atoms with Gasteiger partial charge in [0.1, 0.15) is 0 Å². The van der Waals surface area contributed by atoms with Crippen molar-refractivity contribution in [2.75, 3.05) is 13.6 Å². The van der Waals surface area contributed by atoms with E-state index in [1.165, 1.54) is 43.2 Å². The van der Waals surface area contributed by atoms with Crippen LogP contribution in [0.4, 0.5) is 0 Å². The average molecular weight is 289 g/mol. The summed E-state index contributed by atoms with van der Waals surface area (Å²) in [5, 5.41) is 3.23. The van der Waals surface area contributed by atoms with Crippen LogP contribution in [0.15, 0.2) is 24.3 Å². The fraction of sp³-hybridized carbons (Fsp3) is 0.684. The molecule has 1 N–H and O–H groups in total. The van der Waals surface area contributed by atoms with Gasteiger partial charge < -0.3 is 10.1 Å². The van der Waals surface area contributed by atoms with Gasteiger partial charge in [0.05, 0.1) is 12.7 Å². The van der Waals surface area contributed by atoms with E-state index in [-0.39, 0.29) is 0 Å². The maximum Gasteiger partial charge on any atom is 0.0720 e. The summed E-state index contributed by atoms with van der Waals surface area (Å²) in [6.45, 7) is 6.35. The van der Waals surface area contributed by atoms with Gasteiger partial charge in [0, 0.05) is 6.54 Å². The Kier molecular flexibility index (Phi) is 6.72. The summed E-state index contributed by atoms with van der Waals surface area (Å²) < 4.78 is 6.14. The van der Waals surface area contributed by atoms with Crippen LogP contribution in [0.1, 0.15) is 63.0 Å². The fourth-order valence-corrected chi connectivity index (χ4v) is 3.34. The molecule has 1 aromatic carbocycles. The molecule has 0 heterocycles. The molecular formula is C19H31NO. The zero-order valence-corrected chi connectivity index (χ0v) is 13.9. The number of ether oxygens (including phenoxy) is 1. The molecule has 1 aromatic rings. The van der Waals surface area contributed by atoms with Crippen molar-refractivity contribution < 1.29 is 4.74 Å². The van der Waals surface area contributed by atoms with E-state index in [0.29, 0.717) is 12.0 Å². The molecule has 0 amide bonds. The van der Waals surface area contributed by atoms with E-state index < -0.39 is 0 Å². The van der Waals surface area contributed by atoms with E-state index in [1.807, 2.05) is 7.05 Å². The molecule has 3 unspecified atom stereocenters. The van der Waals surface area contributed by atoms with Gasteiger partial charge >= 0.3 is 0 Å². The van der Waals surface area contributed by atoms with Crippen molar-refractivity contribution in [3.05, 3.63) is 35.4 Å². The van der Waals surface area contributed by atoms with Crippen LogP contribution in [0.25, 0.3) is 0 Å². The van der Waals surface area contributed by atoms with Gasteiger partial charge in [0.25, 0.3) is 0 Å². The Morgan fingerprint density at radius 1 is 1.24 bits per heavy atom. The number of hydrogen-bond acceptors (Lipinski definition) is 2. The lowest BCUT2D eigenvalue weighted by atomic mass is 9.85. The first-order valence-electron chi connectivity index (χ1n) is 8.58. The Morgan fingerprint density at radius 2 is 2.00 bits per heavy atom. The highest BCUT2D eigenvalue weighted by Gasteiger charge is 2.21. The molecule has 1 fully saturated rings. The molecular weight excluding hydrogens is 258 g/mol. The molecule has 21 heavy (non-hydrogen) atoms. The third-order valence-electron chi connectivity index (χ3n) is 4.86. The predicted octanol–water partition coefficient (Wildman–Crippen LogP) is 4.49. The van der Waals surface area contributed by atoms with Crippen LogP contribution in [0.5, 0.6) is 0 Å². The second kappa shape index (κ2) is 8.55. The first-order valence-corrected chi connectivity index (χ1v) is 8.58. The summed E-state index contributed by atoms with van der Waals surface area (Å²) in [4.78, 5) is 0. The third kappa shape index (κ3) is 5.12. The number of rotatable bonds is 7.